The average molecular weight is 542 g/mol. The molecule has 0 unspecified atom stereocenters. The SMILES string of the molecule is CC1(C)[C@H](C(=O)OC(c2ccccc2)c2ccccc2)N2C(=O)[C@@H](NC(=O)Cc3ccc(C#N)cc3)[C@H]2[S@]1=O. The first-order valence-electron chi connectivity index (χ1n) is 12.5. The van der Waals surface area contributed by atoms with Crippen molar-refractivity contribution >= 4 is 28.6 Å². The Morgan fingerprint density at radius 1 is 1.00 bits per heavy atom. The number of nitrogens with one attached hydrogen (secondary N) is 1. The molecule has 0 radical (unpaired) electrons. The highest BCUT2D eigenvalue weighted by Gasteiger charge is 2.68. The number of carbonyl (C=O) groups is 3. The maximum atomic E-state index is 13.7. The summed E-state index contributed by atoms with van der Waals surface area (Å²) in [7, 11) is -1.64. The van der Waals surface area contributed by atoms with Gasteiger partial charge >= 0.3 is 5.97 Å². The number of carbonyl (C=O) groups excluding carboxylic acids is 3. The number of hydrogen-bond acceptors (Lipinski definition) is 6. The molecule has 5 rings (SSSR count). The summed E-state index contributed by atoms with van der Waals surface area (Å²) in [5.74, 6) is -1.53. The summed E-state index contributed by atoms with van der Waals surface area (Å²) in [4.78, 5) is 40.9. The number of nitrogens with zero attached hydrogens (tertiary/aromatic N) is 2. The fourth-order valence-corrected chi connectivity index (χ4v) is 7.06. The Kier molecular flexibility index (Phi) is 7.06. The van der Waals surface area contributed by atoms with E-state index in [1.165, 1.54) is 4.90 Å². The molecular weight excluding hydrogens is 514 g/mol. The van der Waals surface area contributed by atoms with Crippen LogP contribution in [-0.4, -0.2) is 49.1 Å². The van der Waals surface area contributed by atoms with Crippen molar-refractivity contribution in [1.82, 2.24) is 10.2 Å². The number of hydrogen-bond donors (Lipinski definition) is 1. The van der Waals surface area contributed by atoms with E-state index in [4.69, 9.17) is 10.00 Å². The lowest BCUT2D eigenvalue weighted by Gasteiger charge is -2.43. The van der Waals surface area contributed by atoms with E-state index >= 15 is 0 Å². The molecule has 0 saturated carbocycles. The summed E-state index contributed by atoms with van der Waals surface area (Å²) in [5.41, 5.74) is 2.70. The van der Waals surface area contributed by atoms with Crippen LogP contribution in [0.15, 0.2) is 84.9 Å². The first-order chi connectivity index (χ1) is 18.7. The van der Waals surface area contributed by atoms with Gasteiger partial charge in [0.1, 0.15) is 17.5 Å². The Bertz CT molecular complexity index is 1430. The fourth-order valence-electron chi connectivity index (χ4n) is 5.15. The normalized spacial score (nSPS) is 22.9. The van der Waals surface area contributed by atoms with Gasteiger partial charge in [0.05, 0.1) is 33.6 Å². The number of rotatable bonds is 7. The van der Waals surface area contributed by atoms with Gasteiger partial charge in [-0.15, -0.1) is 0 Å². The van der Waals surface area contributed by atoms with Gasteiger partial charge in [0.2, 0.25) is 11.8 Å². The molecule has 1 N–H and O–H groups in total. The molecule has 8 nitrogen and oxygen atoms in total. The third-order valence-electron chi connectivity index (χ3n) is 7.18. The molecular formula is C30H27N3O5S. The van der Waals surface area contributed by atoms with Crippen LogP contribution in [0.4, 0.5) is 0 Å². The van der Waals surface area contributed by atoms with Crippen LogP contribution in [0.25, 0.3) is 0 Å². The third-order valence-corrected chi connectivity index (χ3v) is 9.38. The van der Waals surface area contributed by atoms with Crippen LogP contribution < -0.4 is 5.32 Å². The zero-order valence-corrected chi connectivity index (χ0v) is 22.3. The quantitative estimate of drug-likeness (QED) is 0.363. The zero-order valence-electron chi connectivity index (χ0n) is 21.4. The Morgan fingerprint density at radius 2 is 1.56 bits per heavy atom. The molecule has 3 aromatic rings. The summed E-state index contributed by atoms with van der Waals surface area (Å²) >= 11 is 0. The number of amides is 2. The number of fused-ring (bicyclic) bond motifs is 1. The van der Waals surface area contributed by atoms with Crippen LogP contribution in [0.5, 0.6) is 0 Å². The molecule has 0 bridgehead atoms. The van der Waals surface area contributed by atoms with Crippen LogP contribution in [0.1, 0.15) is 42.2 Å². The van der Waals surface area contributed by atoms with Crippen LogP contribution >= 0.6 is 0 Å². The van der Waals surface area contributed by atoms with Crippen molar-refractivity contribution < 1.29 is 23.3 Å². The van der Waals surface area contributed by atoms with Crippen LogP contribution in [-0.2, 0) is 36.3 Å². The molecule has 2 aliphatic rings. The Labute approximate surface area is 229 Å². The molecule has 2 fully saturated rings. The highest BCUT2D eigenvalue weighted by atomic mass is 32.2. The van der Waals surface area contributed by atoms with Gasteiger partial charge in [0.15, 0.2) is 6.10 Å². The zero-order chi connectivity index (χ0) is 27.7. The van der Waals surface area contributed by atoms with Gasteiger partial charge in [-0.3, -0.25) is 13.8 Å². The van der Waals surface area contributed by atoms with Gasteiger partial charge in [-0.1, -0.05) is 72.8 Å². The Balaban J connectivity index is 1.33. The summed E-state index contributed by atoms with van der Waals surface area (Å²) in [6.07, 6.45) is -0.706. The lowest BCUT2D eigenvalue weighted by atomic mass is 9.95. The van der Waals surface area contributed by atoms with Crippen molar-refractivity contribution in [3.05, 3.63) is 107 Å². The molecule has 4 atom stereocenters. The second kappa shape index (κ2) is 10.5. The predicted octanol–water partition coefficient (Wildman–Crippen LogP) is 3.00. The molecule has 39 heavy (non-hydrogen) atoms. The molecule has 2 saturated heterocycles. The second-order valence-corrected chi connectivity index (χ2v) is 12.2. The van der Waals surface area contributed by atoms with Gasteiger partial charge in [0, 0.05) is 0 Å². The van der Waals surface area contributed by atoms with Crippen molar-refractivity contribution in [2.75, 3.05) is 0 Å². The summed E-state index contributed by atoms with van der Waals surface area (Å²) < 4.78 is 18.5. The predicted molar refractivity (Wildman–Crippen MR) is 144 cm³/mol. The standard InChI is InChI=1S/C30H27N3O5S/c1-30(2)26(29(36)38-25(21-9-5-3-6-10-21)22-11-7-4-8-12-22)33-27(35)24(28(33)39(30)37)32-23(34)17-19-13-15-20(18-31)16-14-19/h3-16,24-26,28H,17H2,1-2H3,(H,32,34)/t24-,26+,28-,39-/m1/s1. The van der Waals surface area contributed by atoms with Gasteiger partial charge in [0.25, 0.3) is 0 Å². The van der Waals surface area contributed by atoms with Crippen molar-refractivity contribution in [1.29, 1.82) is 5.26 Å². The Morgan fingerprint density at radius 3 is 2.10 bits per heavy atom. The van der Waals surface area contributed by atoms with E-state index in [-0.39, 0.29) is 6.42 Å². The lowest BCUT2D eigenvalue weighted by Crippen LogP contribution is -2.71. The number of esters is 1. The lowest BCUT2D eigenvalue weighted by molar-refractivity contribution is -0.166. The van der Waals surface area contributed by atoms with Crippen LogP contribution in [0, 0.1) is 11.3 Å². The minimum atomic E-state index is -1.64. The largest absolute Gasteiger partial charge is 0.451 e. The van der Waals surface area contributed by atoms with E-state index in [9.17, 15) is 18.6 Å². The third kappa shape index (κ3) is 4.84. The number of β-lactam (4-membered cyclic amide) rings is 1. The highest BCUT2D eigenvalue weighted by Crippen LogP contribution is 2.44. The Hall–Kier alpha value is -4.29. The average Bonchev–Trinajstić information content (AvgIpc) is 3.14. The molecule has 0 aliphatic carbocycles. The maximum Gasteiger partial charge on any atom is 0.331 e. The van der Waals surface area contributed by atoms with Gasteiger partial charge in [-0.05, 0) is 42.7 Å². The molecule has 0 aromatic heterocycles. The van der Waals surface area contributed by atoms with Crippen molar-refractivity contribution in [2.45, 2.75) is 48.6 Å². The van der Waals surface area contributed by atoms with Gasteiger partial charge < -0.3 is 15.0 Å². The van der Waals surface area contributed by atoms with E-state index in [1.54, 1.807) is 38.1 Å². The van der Waals surface area contributed by atoms with E-state index in [1.807, 2.05) is 66.7 Å². The number of ether oxygens (including phenoxy) is 1. The highest BCUT2D eigenvalue weighted by molar-refractivity contribution is 7.87. The summed E-state index contributed by atoms with van der Waals surface area (Å²) in [5, 5.41) is 10.8. The summed E-state index contributed by atoms with van der Waals surface area (Å²) in [6, 6.07) is 25.1. The van der Waals surface area contributed by atoms with Crippen molar-refractivity contribution in [2.24, 2.45) is 0 Å². The molecule has 3 aromatic carbocycles. The topological polar surface area (TPSA) is 117 Å². The van der Waals surface area contributed by atoms with Gasteiger partial charge in [-0.25, -0.2) is 4.79 Å². The van der Waals surface area contributed by atoms with Crippen molar-refractivity contribution in [3.63, 3.8) is 0 Å². The minimum absolute atomic E-state index is 0.000458. The molecule has 0 spiro atoms. The van der Waals surface area contributed by atoms with E-state index < -0.39 is 56.9 Å². The van der Waals surface area contributed by atoms with E-state index in [0.717, 1.165) is 11.1 Å². The molecule has 9 heteroatoms. The first kappa shape index (κ1) is 26.3. The molecule has 2 amide bonds. The second-order valence-electron chi connectivity index (χ2n) is 10.1. The fraction of sp³-hybridized carbons (Fsp3) is 0.267. The minimum Gasteiger partial charge on any atom is -0.451 e. The smallest absolute Gasteiger partial charge is 0.331 e. The summed E-state index contributed by atoms with van der Waals surface area (Å²) in [6.45, 7) is 3.35. The molecule has 198 valence electrons. The number of benzene rings is 3. The monoisotopic (exact) mass is 541 g/mol. The van der Waals surface area contributed by atoms with Crippen molar-refractivity contribution in [3.8, 4) is 6.07 Å². The van der Waals surface area contributed by atoms with E-state index in [0.29, 0.717) is 11.1 Å². The first-order valence-corrected chi connectivity index (χ1v) is 13.8. The maximum absolute atomic E-state index is 13.7. The van der Waals surface area contributed by atoms with Crippen LogP contribution in [0.3, 0.4) is 0 Å². The number of nitriles is 1. The molecule has 2 heterocycles. The van der Waals surface area contributed by atoms with Gasteiger partial charge in [-0.2, -0.15) is 5.26 Å². The molecule has 2 aliphatic heterocycles. The van der Waals surface area contributed by atoms with E-state index in [2.05, 4.69) is 5.32 Å². The van der Waals surface area contributed by atoms with Crippen LogP contribution in [0.2, 0.25) is 0 Å².